The molecule has 0 unspecified atom stereocenters. The van der Waals surface area contributed by atoms with E-state index in [1.807, 2.05) is 24.3 Å². The van der Waals surface area contributed by atoms with Gasteiger partial charge >= 0.3 is 0 Å². The van der Waals surface area contributed by atoms with Gasteiger partial charge in [-0.25, -0.2) is 18.1 Å². The molecule has 4 aromatic rings. The van der Waals surface area contributed by atoms with Crippen LogP contribution in [0.1, 0.15) is 11.1 Å². The van der Waals surface area contributed by atoms with Crippen molar-refractivity contribution in [2.75, 3.05) is 12.3 Å². The van der Waals surface area contributed by atoms with Crippen molar-refractivity contribution in [1.82, 2.24) is 14.7 Å². The summed E-state index contributed by atoms with van der Waals surface area (Å²) >= 11 is 3.35. The first-order valence-electron chi connectivity index (χ1n) is 9.86. The van der Waals surface area contributed by atoms with Crippen LogP contribution in [0.5, 0.6) is 0 Å². The van der Waals surface area contributed by atoms with Gasteiger partial charge in [0.05, 0.1) is 15.9 Å². The van der Waals surface area contributed by atoms with E-state index in [0.29, 0.717) is 17.2 Å². The first kappa shape index (κ1) is 22.0. The topological polar surface area (TPSA) is 74.8 Å². The Morgan fingerprint density at radius 1 is 0.935 bits per heavy atom. The Bertz CT molecular complexity index is 1240. The molecule has 0 aliphatic heterocycles. The van der Waals surface area contributed by atoms with Gasteiger partial charge in [-0.05, 0) is 48.4 Å². The van der Waals surface area contributed by atoms with Crippen molar-refractivity contribution in [3.63, 3.8) is 0 Å². The van der Waals surface area contributed by atoms with Crippen molar-refractivity contribution in [2.24, 2.45) is 0 Å². The minimum absolute atomic E-state index is 0.292. The van der Waals surface area contributed by atoms with E-state index in [1.54, 1.807) is 53.9 Å². The highest BCUT2D eigenvalue weighted by atomic mass is 32.2. The van der Waals surface area contributed by atoms with E-state index in [1.165, 1.54) is 16.0 Å². The fourth-order valence-corrected chi connectivity index (χ4v) is 6.22. The normalized spacial score (nSPS) is 11.8. The van der Waals surface area contributed by atoms with Crippen LogP contribution in [-0.4, -0.2) is 30.7 Å². The van der Waals surface area contributed by atoms with E-state index >= 15 is 0 Å². The summed E-state index contributed by atoms with van der Waals surface area (Å²) in [6.45, 7) is 2.49. The van der Waals surface area contributed by atoms with Crippen LogP contribution in [0.4, 0.5) is 0 Å². The maximum atomic E-state index is 12.3. The zero-order valence-electron chi connectivity index (χ0n) is 17.0. The van der Waals surface area contributed by atoms with Crippen LogP contribution in [-0.2, 0) is 15.8 Å². The van der Waals surface area contributed by atoms with Gasteiger partial charge < -0.3 is 4.98 Å². The van der Waals surface area contributed by atoms with Crippen molar-refractivity contribution >= 4 is 44.6 Å². The van der Waals surface area contributed by atoms with Crippen LogP contribution in [0.3, 0.4) is 0 Å². The predicted molar refractivity (Wildman–Crippen MR) is 129 cm³/mol. The maximum absolute atomic E-state index is 12.3. The van der Waals surface area contributed by atoms with E-state index in [0.717, 1.165) is 21.9 Å². The number of rotatable bonds is 9. The average molecular weight is 470 g/mol. The number of nitrogens with one attached hydrogen (secondary N) is 2. The Kier molecular flexibility index (Phi) is 7.02. The van der Waals surface area contributed by atoms with Crippen LogP contribution >= 0.6 is 23.5 Å². The lowest BCUT2D eigenvalue weighted by Crippen LogP contribution is -2.25. The molecule has 8 heteroatoms. The van der Waals surface area contributed by atoms with Crippen LogP contribution in [0.25, 0.3) is 11.0 Å². The number of fused-ring (bicyclic) bond motifs is 1. The SMILES string of the molecule is Cc1c(CSc2nc3ccccc3[nH]2)cccc1SCCNS(=O)(=O)c1ccccc1. The highest BCUT2D eigenvalue weighted by Crippen LogP contribution is 2.29. The molecule has 5 nitrogen and oxygen atoms in total. The molecule has 0 fully saturated rings. The van der Waals surface area contributed by atoms with Crippen molar-refractivity contribution in [3.8, 4) is 0 Å². The van der Waals surface area contributed by atoms with Crippen LogP contribution < -0.4 is 4.72 Å². The van der Waals surface area contributed by atoms with Crippen LogP contribution in [0.15, 0.2) is 87.7 Å². The third-order valence-electron chi connectivity index (χ3n) is 4.83. The van der Waals surface area contributed by atoms with Gasteiger partial charge in [0.25, 0.3) is 0 Å². The Balaban J connectivity index is 1.33. The molecule has 3 aromatic carbocycles. The number of hydrogen-bond donors (Lipinski definition) is 2. The third-order valence-corrected chi connectivity index (χ3v) is 8.39. The molecule has 0 amide bonds. The second kappa shape index (κ2) is 9.91. The number of aromatic amines is 1. The molecule has 160 valence electrons. The monoisotopic (exact) mass is 469 g/mol. The molecule has 1 aromatic heterocycles. The first-order chi connectivity index (χ1) is 15.0. The molecule has 0 aliphatic carbocycles. The standard InChI is InChI=1S/C23H23N3O2S3/c1-17-18(16-30-23-25-20-11-5-6-12-21(20)26-23)8-7-13-22(17)29-15-14-24-31(27,28)19-9-3-2-4-10-19/h2-13,24H,14-16H2,1H3,(H,25,26). The maximum Gasteiger partial charge on any atom is 0.240 e. The molecule has 31 heavy (non-hydrogen) atoms. The molecule has 0 bridgehead atoms. The number of sulfonamides is 1. The minimum Gasteiger partial charge on any atom is -0.333 e. The quantitative estimate of drug-likeness (QED) is 0.259. The number of imidazole rings is 1. The Labute approximate surface area is 191 Å². The minimum atomic E-state index is -3.46. The second-order valence-electron chi connectivity index (χ2n) is 6.95. The predicted octanol–water partition coefficient (Wildman–Crippen LogP) is 5.23. The smallest absolute Gasteiger partial charge is 0.240 e. The van der Waals surface area contributed by atoms with Gasteiger partial charge in [-0.2, -0.15) is 0 Å². The number of aromatic nitrogens is 2. The second-order valence-corrected chi connectivity index (χ2v) is 10.8. The first-order valence-corrected chi connectivity index (χ1v) is 13.3. The number of nitrogens with zero attached hydrogens (tertiary/aromatic N) is 1. The van der Waals surface area contributed by atoms with Gasteiger partial charge in [-0.3, -0.25) is 0 Å². The van der Waals surface area contributed by atoms with E-state index in [2.05, 4.69) is 39.8 Å². The summed E-state index contributed by atoms with van der Waals surface area (Å²) in [4.78, 5) is 9.44. The van der Waals surface area contributed by atoms with Gasteiger partial charge in [-0.15, -0.1) is 11.8 Å². The van der Waals surface area contributed by atoms with Crippen molar-refractivity contribution < 1.29 is 8.42 Å². The summed E-state index contributed by atoms with van der Waals surface area (Å²) in [7, 11) is -3.46. The van der Waals surface area contributed by atoms with Crippen molar-refractivity contribution in [2.45, 2.75) is 27.6 Å². The largest absolute Gasteiger partial charge is 0.333 e. The van der Waals surface area contributed by atoms with Crippen molar-refractivity contribution in [1.29, 1.82) is 0 Å². The molecule has 0 atom stereocenters. The molecule has 4 rings (SSSR count). The molecule has 0 saturated carbocycles. The molecule has 0 aliphatic rings. The Hall–Kier alpha value is -2.26. The molecule has 0 spiro atoms. The van der Waals surface area contributed by atoms with E-state index in [-0.39, 0.29) is 0 Å². The molecular formula is C23H23N3O2S3. The molecule has 1 heterocycles. The summed E-state index contributed by atoms with van der Waals surface area (Å²) in [5.41, 5.74) is 4.50. The lowest BCUT2D eigenvalue weighted by atomic mass is 10.1. The number of hydrogen-bond acceptors (Lipinski definition) is 5. The fourth-order valence-electron chi connectivity index (χ4n) is 3.14. The number of para-hydroxylation sites is 2. The lowest BCUT2D eigenvalue weighted by Gasteiger charge is -2.11. The van der Waals surface area contributed by atoms with Gasteiger partial charge in [0.15, 0.2) is 5.16 Å². The van der Waals surface area contributed by atoms with E-state index < -0.39 is 10.0 Å². The number of H-pyrrole nitrogens is 1. The van der Waals surface area contributed by atoms with E-state index in [4.69, 9.17) is 0 Å². The highest BCUT2D eigenvalue weighted by molar-refractivity contribution is 7.99. The zero-order chi connectivity index (χ0) is 21.7. The van der Waals surface area contributed by atoms with Gasteiger partial charge in [0.1, 0.15) is 0 Å². The number of benzene rings is 3. The fraction of sp³-hybridized carbons (Fsp3) is 0.174. The third kappa shape index (κ3) is 5.51. The molecule has 2 N–H and O–H groups in total. The number of thioether (sulfide) groups is 2. The summed E-state index contributed by atoms with van der Waals surface area (Å²) in [6, 6.07) is 22.7. The van der Waals surface area contributed by atoms with E-state index in [9.17, 15) is 8.42 Å². The Morgan fingerprint density at radius 3 is 2.52 bits per heavy atom. The zero-order valence-corrected chi connectivity index (χ0v) is 19.5. The highest BCUT2D eigenvalue weighted by Gasteiger charge is 2.13. The van der Waals surface area contributed by atoms with Crippen molar-refractivity contribution in [3.05, 3.63) is 83.9 Å². The van der Waals surface area contributed by atoms with Gasteiger partial charge in [0.2, 0.25) is 10.0 Å². The summed E-state index contributed by atoms with van der Waals surface area (Å²) in [5, 5.41) is 0.911. The molecule has 0 saturated heterocycles. The lowest BCUT2D eigenvalue weighted by molar-refractivity contribution is 0.584. The van der Waals surface area contributed by atoms with Crippen LogP contribution in [0, 0.1) is 6.92 Å². The molecule has 0 radical (unpaired) electrons. The summed E-state index contributed by atoms with van der Waals surface area (Å²) in [5.74, 6) is 1.48. The van der Waals surface area contributed by atoms with Gasteiger partial charge in [0, 0.05) is 22.9 Å². The molecular weight excluding hydrogens is 446 g/mol. The summed E-state index contributed by atoms with van der Waals surface area (Å²) in [6.07, 6.45) is 0. The Morgan fingerprint density at radius 2 is 1.71 bits per heavy atom. The van der Waals surface area contributed by atoms with Crippen LogP contribution in [0.2, 0.25) is 0 Å². The average Bonchev–Trinajstić information content (AvgIpc) is 3.20. The van der Waals surface area contributed by atoms with Gasteiger partial charge in [-0.1, -0.05) is 54.2 Å². The summed E-state index contributed by atoms with van der Waals surface area (Å²) < 4.78 is 27.3.